The number of sulfonamides is 1. The van der Waals surface area contributed by atoms with Crippen LogP contribution >= 0.6 is 0 Å². The molecule has 0 spiro atoms. The molecule has 6 nitrogen and oxygen atoms in total. The van der Waals surface area contributed by atoms with Crippen molar-refractivity contribution < 1.29 is 13.2 Å². The molecule has 0 heterocycles. The van der Waals surface area contributed by atoms with Crippen molar-refractivity contribution in [2.75, 3.05) is 0 Å². The number of benzene rings is 1. The second kappa shape index (κ2) is 6.83. The van der Waals surface area contributed by atoms with E-state index in [1.807, 2.05) is 13.8 Å². The molecule has 20 heavy (non-hydrogen) atoms. The van der Waals surface area contributed by atoms with Crippen LogP contribution < -0.4 is 16.2 Å². The van der Waals surface area contributed by atoms with Gasteiger partial charge < -0.3 is 11.1 Å². The van der Waals surface area contributed by atoms with Crippen LogP contribution in [0.3, 0.4) is 0 Å². The molecule has 1 aromatic carbocycles. The molecule has 0 bridgehead atoms. The van der Waals surface area contributed by atoms with E-state index in [-0.39, 0.29) is 17.3 Å². The lowest BCUT2D eigenvalue weighted by atomic mass is 10.0. The predicted octanol–water partition coefficient (Wildman–Crippen LogP) is 0.324. The van der Waals surface area contributed by atoms with Crippen LogP contribution in [0, 0.1) is 5.92 Å². The normalized spacial score (nSPS) is 13.2. The highest BCUT2D eigenvalue weighted by Gasteiger charge is 2.15. The van der Waals surface area contributed by atoms with Crippen molar-refractivity contribution >= 4 is 15.9 Å². The van der Waals surface area contributed by atoms with E-state index in [9.17, 15) is 13.2 Å². The molecule has 0 saturated heterocycles. The third kappa shape index (κ3) is 5.28. The predicted molar refractivity (Wildman–Crippen MR) is 77.1 cm³/mol. The lowest BCUT2D eigenvalue weighted by molar-refractivity contribution is -0.122. The molecule has 0 aliphatic carbocycles. The maximum Gasteiger partial charge on any atom is 0.238 e. The Morgan fingerprint density at radius 1 is 1.35 bits per heavy atom. The Labute approximate surface area is 119 Å². The van der Waals surface area contributed by atoms with Gasteiger partial charge in [-0.3, -0.25) is 4.79 Å². The van der Waals surface area contributed by atoms with Crippen LogP contribution in [0.2, 0.25) is 0 Å². The van der Waals surface area contributed by atoms with Crippen LogP contribution in [0.25, 0.3) is 0 Å². The van der Waals surface area contributed by atoms with Crippen LogP contribution in [0.1, 0.15) is 25.8 Å². The van der Waals surface area contributed by atoms with Gasteiger partial charge in [-0.25, -0.2) is 13.6 Å². The average Bonchev–Trinajstić information content (AvgIpc) is 2.34. The summed E-state index contributed by atoms with van der Waals surface area (Å²) in [5.41, 5.74) is 6.41. The maximum atomic E-state index is 11.8. The standard InChI is InChI=1S/C13H21N3O3S/c1-9(2)6-12(14)13(17)16-8-10-4-3-5-11(7-10)20(15,18)19/h3-5,7,9,12H,6,8,14H2,1-2H3,(H,16,17)(H2,15,18,19)/t12-/m0/s1. The third-order valence-electron chi connectivity index (χ3n) is 2.76. The highest BCUT2D eigenvalue weighted by atomic mass is 32.2. The minimum atomic E-state index is -3.73. The molecule has 0 fully saturated rings. The zero-order valence-electron chi connectivity index (χ0n) is 11.7. The SMILES string of the molecule is CC(C)C[C@H](N)C(=O)NCc1cccc(S(N)(=O)=O)c1. The number of primary sulfonamides is 1. The monoisotopic (exact) mass is 299 g/mol. The first kappa shape index (κ1) is 16.6. The van der Waals surface area contributed by atoms with Gasteiger partial charge >= 0.3 is 0 Å². The molecule has 0 aliphatic rings. The molecule has 0 aromatic heterocycles. The summed E-state index contributed by atoms with van der Waals surface area (Å²) in [5.74, 6) is 0.0844. The Balaban J connectivity index is 2.64. The van der Waals surface area contributed by atoms with Crippen molar-refractivity contribution in [2.24, 2.45) is 16.8 Å². The van der Waals surface area contributed by atoms with E-state index in [4.69, 9.17) is 10.9 Å². The maximum absolute atomic E-state index is 11.8. The van der Waals surface area contributed by atoms with Gasteiger partial charge in [0.25, 0.3) is 0 Å². The van der Waals surface area contributed by atoms with Crippen molar-refractivity contribution in [3.63, 3.8) is 0 Å². The summed E-state index contributed by atoms with van der Waals surface area (Å²) in [5, 5.41) is 7.73. The molecule has 1 aromatic rings. The molecule has 7 heteroatoms. The summed E-state index contributed by atoms with van der Waals surface area (Å²) in [6.07, 6.45) is 0.600. The van der Waals surface area contributed by atoms with Crippen LogP contribution in [-0.4, -0.2) is 20.4 Å². The largest absolute Gasteiger partial charge is 0.351 e. The Morgan fingerprint density at radius 3 is 2.55 bits per heavy atom. The van der Waals surface area contributed by atoms with E-state index in [1.54, 1.807) is 12.1 Å². The van der Waals surface area contributed by atoms with Crippen LogP contribution in [0.4, 0.5) is 0 Å². The molecule has 1 amide bonds. The van der Waals surface area contributed by atoms with Crippen molar-refractivity contribution in [1.29, 1.82) is 0 Å². The van der Waals surface area contributed by atoms with Gasteiger partial charge in [0.1, 0.15) is 0 Å². The number of nitrogens with two attached hydrogens (primary N) is 2. The number of nitrogens with one attached hydrogen (secondary N) is 1. The third-order valence-corrected chi connectivity index (χ3v) is 3.67. The minimum absolute atomic E-state index is 0.0238. The molecule has 1 rings (SSSR count). The van der Waals surface area contributed by atoms with Crippen LogP contribution in [0.5, 0.6) is 0 Å². The van der Waals surface area contributed by atoms with Gasteiger partial charge in [0.05, 0.1) is 10.9 Å². The molecule has 5 N–H and O–H groups in total. The van der Waals surface area contributed by atoms with E-state index in [2.05, 4.69) is 5.32 Å². The van der Waals surface area contributed by atoms with Gasteiger partial charge in [-0.2, -0.15) is 0 Å². The Hall–Kier alpha value is -1.44. The van der Waals surface area contributed by atoms with Gasteiger partial charge in [-0.05, 0) is 30.0 Å². The molecule has 1 atom stereocenters. The van der Waals surface area contributed by atoms with E-state index in [0.717, 1.165) is 0 Å². The number of rotatable bonds is 6. The first-order valence-corrected chi connectivity index (χ1v) is 7.90. The summed E-state index contributed by atoms with van der Waals surface area (Å²) in [6, 6.07) is 5.57. The molecular formula is C13H21N3O3S. The van der Waals surface area contributed by atoms with E-state index in [0.29, 0.717) is 17.9 Å². The first-order chi connectivity index (χ1) is 9.20. The van der Waals surface area contributed by atoms with Gasteiger partial charge in [-0.15, -0.1) is 0 Å². The van der Waals surface area contributed by atoms with Gasteiger partial charge in [0.2, 0.25) is 15.9 Å². The fourth-order valence-electron chi connectivity index (χ4n) is 1.77. The number of amides is 1. The fraction of sp³-hybridized carbons (Fsp3) is 0.462. The summed E-state index contributed by atoms with van der Waals surface area (Å²) >= 11 is 0. The molecular weight excluding hydrogens is 278 g/mol. The summed E-state index contributed by atoms with van der Waals surface area (Å²) < 4.78 is 22.4. The fourth-order valence-corrected chi connectivity index (χ4v) is 2.35. The lowest BCUT2D eigenvalue weighted by Gasteiger charge is -2.14. The molecule has 0 aliphatic heterocycles. The van der Waals surface area contributed by atoms with Gasteiger partial charge in [-0.1, -0.05) is 26.0 Å². The molecule has 0 unspecified atom stereocenters. The second-order valence-electron chi connectivity index (χ2n) is 5.15. The second-order valence-corrected chi connectivity index (χ2v) is 6.71. The Bertz CT molecular complexity index is 570. The highest BCUT2D eigenvalue weighted by Crippen LogP contribution is 2.10. The molecule has 0 saturated carbocycles. The molecule has 0 radical (unpaired) electrons. The quantitative estimate of drug-likeness (QED) is 0.701. The van der Waals surface area contributed by atoms with Crippen LogP contribution in [-0.2, 0) is 21.4 Å². The summed E-state index contributed by atoms with van der Waals surface area (Å²) in [7, 11) is -3.73. The van der Waals surface area contributed by atoms with E-state index >= 15 is 0 Å². The van der Waals surface area contributed by atoms with Crippen LogP contribution in [0.15, 0.2) is 29.2 Å². The van der Waals surface area contributed by atoms with Crippen molar-refractivity contribution in [3.05, 3.63) is 29.8 Å². The van der Waals surface area contributed by atoms with E-state index in [1.165, 1.54) is 12.1 Å². The smallest absolute Gasteiger partial charge is 0.238 e. The summed E-state index contributed by atoms with van der Waals surface area (Å²) in [6.45, 7) is 4.19. The number of hydrogen-bond acceptors (Lipinski definition) is 4. The Kier molecular flexibility index (Phi) is 5.67. The first-order valence-electron chi connectivity index (χ1n) is 6.35. The number of carbonyl (C=O) groups excluding carboxylic acids is 1. The summed E-state index contributed by atoms with van der Waals surface area (Å²) in [4.78, 5) is 11.8. The minimum Gasteiger partial charge on any atom is -0.351 e. The van der Waals surface area contributed by atoms with Crippen molar-refractivity contribution in [2.45, 2.75) is 37.8 Å². The molecule has 112 valence electrons. The number of hydrogen-bond donors (Lipinski definition) is 3. The highest BCUT2D eigenvalue weighted by molar-refractivity contribution is 7.89. The lowest BCUT2D eigenvalue weighted by Crippen LogP contribution is -2.41. The number of carbonyl (C=O) groups is 1. The van der Waals surface area contributed by atoms with Crippen molar-refractivity contribution in [1.82, 2.24) is 5.32 Å². The Morgan fingerprint density at radius 2 is 2.00 bits per heavy atom. The average molecular weight is 299 g/mol. The zero-order chi connectivity index (χ0) is 15.3. The van der Waals surface area contributed by atoms with Gasteiger partial charge in [0.15, 0.2) is 0 Å². The van der Waals surface area contributed by atoms with Gasteiger partial charge in [0, 0.05) is 6.54 Å². The van der Waals surface area contributed by atoms with Crippen molar-refractivity contribution in [3.8, 4) is 0 Å². The zero-order valence-corrected chi connectivity index (χ0v) is 12.5. The van der Waals surface area contributed by atoms with E-state index < -0.39 is 16.1 Å². The topological polar surface area (TPSA) is 115 Å².